The van der Waals surface area contributed by atoms with Gasteiger partial charge in [-0.15, -0.1) is 0 Å². The minimum Gasteiger partial charge on any atom is -0.361 e. The zero-order valence-corrected chi connectivity index (χ0v) is 12.3. The van der Waals surface area contributed by atoms with Gasteiger partial charge in [0.25, 0.3) is 0 Å². The quantitative estimate of drug-likeness (QED) is 0.736. The van der Waals surface area contributed by atoms with Crippen molar-refractivity contribution in [3.05, 3.63) is 35.6 Å². The Kier molecular flexibility index (Phi) is 3.22. The highest BCUT2D eigenvalue weighted by Gasteiger charge is 2.16. The summed E-state index contributed by atoms with van der Waals surface area (Å²) in [6, 6.07) is 9.60. The molecule has 0 unspecified atom stereocenters. The largest absolute Gasteiger partial charge is 0.361 e. The van der Waals surface area contributed by atoms with Crippen molar-refractivity contribution in [2.24, 2.45) is 5.92 Å². The van der Waals surface area contributed by atoms with E-state index in [1.165, 1.54) is 0 Å². The summed E-state index contributed by atoms with van der Waals surface area (Å²) in [5.41, 5.74) is 3.16. The first-order valence-corrected chi connectivity index (χ1v) is 6.92. The third-order valence-corrected chi connectivity index (χ3v) is 3.28. The number of nitrogens with zero attached hydrogens (tertiary/aromatic N) is 4. The van der Waals surface area contributed by atoms with Crippen molar-refractivity contribution in [2.45, 2.75) is 27.3 Å². The van der Waals surface area contributed by atoms with Crippen molar-refractivity contribution in [3.8, 4) is 17.6 Å². The summed E-state index contributed by atoms with van der Waals surface area (Å²) < 4.78 is 7.30. The minimum absolute atomic E-state index is 0.477. The van der Waals surface area contributed by atoms with Crippen LogP contribution in [-0.4, -0.2) is 14.7 Å². The maximum atomic E-state index is 9.03. The Morgan fingerprint density at radius 2 is 2.14 bits per heavy atom. The Bertz CT molecular complexity index is 836. The molecule has 0 atom stereocenters. The average molecular weight is 280 g/mol. The van der Waals surface area contributed by atoms with Gasteiger partial charge in [0, 0.05) is 12.6 Å². The molecule has 2 aromatic heterocycles. The molecule has 3 rings (SSSR count). The second-order valence-corrected chi connectivity index (χ2v) is 5.58. The fraction of sp³-hybridized carbons (Fsp3) is 0.312. The lowest BCUT2D eigenvalue weighted by atomic mass is 10.2. The third-order valence-electron chi connectivity index (χ3n) is 3.28. The lowest BCUT2D eigenvalue weighted by Crippen LogP contribution is -2.06. The van der Waals surface area contributed by atoms with E-state index >= 15 is 0 Å². The molecule has 0 aliphatic carbocycles. The Labute approximate surface area is 122 Å². The topological polar surface area (TPSA) is 67.6 Å². The summed E-state index contributed by atoms with van der Waals surface area (Å²) in [4.78, 5) is 4.65. The summed E-state index contributed by atoms with van der Waals surface area (Å²) >= 11 is 0. The molecule has 3 aromatic rings. The van der Waals surface area contributed by atoms with Crippen LogP contribution < -0.4 is 0 Å². The molecule has 0 spiro atoms. The number of hydrogen-bond donors (Lipinski definition) is 0. The molecule has 0 amide bonds. The molecule has 5 heteroatoms. The number of rotatable bonds is 3. The van der Waals surface area contributed by atoms with Crippen molar-refractivity contribution in [3.63, 3.8) is 0 Å². The summed E-state index contributed by atoms with van der Waals surface area (Å²) in [6.07, 6.45) is 0. The number of benzene rings is 1. The lowest BCUT2D eigenvalue weighted by Gasteiger charge is -2.10. The van der Waals surface area contributed by atoms with Gasteiger partial charge in [0.05, 0.1) is 22.7 Å². The van der Waals surface area contributed by atoms with E-state index in [1.54, 1.807) is 0 Å². The molecular formula is C16H16N4O. The van der Waals surface area contributed by atoms with Gasteiger partial charge < -0.3 is 9.09 Å². The van der Waals surface area contributed by atoms with Crippen LogP contribution in [0.5, 0.6) is 0 Å². The molecule has 0 radical (unpaired) electrons. The van der Waals surface area contributed by atoms with E-state index in [2.05, 4.69) is 34.6 Å². The van der Waals surface area contributed by atoms with Crippen molar-refractivity contribution < 1.29 is 4.52 Å². The zero-order chi connectivity index (χ0) is 15.0. The van der Waals surface area contributed by atoms with Gasteiger partial charge in [-0.3, -0.25) is 0 Å². The molecule has 5 nitrogen and oxygen atoms in total. The van der Waals surface area contributed by atoms with Gasteiger partial charge in [0.1, 0.15) is 11.5 Å². The molecule has 1 aromatic carbocycles. The van der Waals surface area contributed by atoms with E-state index in [9.17, 15) is 0 Å². The smallest absolute Gasteiger partial charge is 0.163 e. The van der Waals surface area contributed by atoms with Crippen LogP contribution in [0.2, 0.25) is 0 Å². The summed E-state index contributed by atoms with van der Waals surface area (Å²) in [5.74, 6) is 2.02. The first-order chi connectivity index (χ1) is 10.1. The molecule has 2 heterocycles. The normalized spacial score (nSPS) is 11.2. The van der Waals surface area contributed by atoms with Gasteiger partial charge in [0.15, 0.2) is 5.82 Å². The van der Waals surface area contributed by atoms with Gasteiger partial charge in [-0.25, -0.2) is 4.98 Å². The molecule has 0 saturated carbocycles. The predicted octanol–water partition coefficient (Wildman–Crippen LogP) is 3.53. The number of aromatic nitrogens is 3. The van der Waals surface area contributed by atoms with E-state index in [1.807, 2.05) is 31.2 Å². The number of nitriles is 1. The first kappa shape index (κ1) is 13.4. The van der Waals surface area contributed by atoms with Crippen LogP contribution in [0.3, 0.4) is 0 Å². The van der Waals surface area contributed by atoms with Gasteiger partial charge in [-0.05, 0) is 31.0 Å². The maximum Gasteiger partial charge on any atom is 0.163 e. The molecule has 0 N–H and O–H groups in total. The molecule has 21 heavy (non-hydrogen) atoms. The molecule has 0 bridgehead atoms. The Balaban J connectivity index is 2.24. The fourth-order valence-corrected chi connectivity index (χ4v) is 2.42. The fourth-order valence-electron chi connectivity index (χ4n) is 2.42. The highest BCUT2D eigenvalue weighted by Crippen LogP contribution is 2.26. The van der Waals surface area contributed by atoms with Gasteiger partial charge >= 0.3 is 0 Å². The van der Waals surface area contributed by atoms with E-state index in [0.717, 1.165) is 34.9 Å². The molecule has 0 saturated heterocycles. The average Bonchev–Trinajstić information content (AvgIpc) is 3.02. The Hall–Kier alpha value is -2.61. The van der Waals surface area contributed by atoms with Crippen molar-refractivity contribution in [2.75, 3.05) is 0 Å². The molecule has 106 valence electrons. The molecular weight excluding hydrogens is 264 g/mol. The molecule has 0 aliphatic rings. The summed E-state index contributed by atoms with van der Waals surface area (Å²) in [5, 5.41) is 13.1. The highest BCUT2D eigenvalue weighted by atomic mass is 16.5. The van der Waals surface area contributed by atoms with Crippen LogP contribution in [0, 0.1) is 24.2 Å². The number of hydrogen-bond acceptors (Lipinski definition) is 4. The van der Waals surface area contributed by atoms with Crippen LogP contribution in [0.25, 0.3) is 22.6 Å². The number of fused-ring (bicyclic) bond motifs is 1. The SMILES string of the molecule is Cc1cc(-c2nc3cc(C#N)ccc3n2CC(C)C)no1. The Morgan fingerprint density at radius 3 is 2.76 bits per heavy atom. The van der Waals surface area contributed by atoms with Crippen LogP contribution in [0.4, 0.5) is 0 Å². The van der Waals surface area contributed by atoms with E-state index in [0.29, 0.717) is 11.5 Å². The number of aryl methyl sites for hydroxylation is 1. The third kappa shape index (κ3) is 2.40. The second kappa shape index (κ2) is 5.06. The summed E-state index contributed by atoms with van der Waals surface area (Å²) in [7, 11) is 0. The van der Waals surface area contributed by atoms with Crippen LogP contribution >= 0.6 is 0 Å². The maximum absolute atomic E-state index is 9.03. The van der Waals surface area contributed by atoms with Crippen LogP contribution in [-0.2, 0) is 6.54 Å². The van der Waals surface area contributed by atoms with Gasteiger partial charge in [-0.1, -0.05) is 19.0 Å². The standard InChI is InChI=1S/C16H16N4O/c1-10(2)9-20-15-5-4-12(8-17)7-13(15)18-16(20)14-6-11(3)21-19-14/h4-7,10H,9H2,1-3H3. The minimum atomic E-state index is 0.477. The predicted molar refractivity (Wildman–Crippen MR) is 79.5 cm³/mol. The Morgan fingerprint density at radius 1 is 1.33 bits per heavy atom. The zero-order valence-electron chi connectivity index (χ0n) is 12.3. The van der Waals surface area contributed by atoms with Crippen LogP contribution in [0.1, 0.15) is 25.2 Å². The lowest BCUT2D eigenvalue weighted by molar-refractivity contribution is 0.398. The van der Waals surface area contributed by atoms with E-state index in [-0.39, 0.29) is 0 Å². The van der Waals surface area contributed by atoms with Crippen molar-refractivity contribution in [1.82, 2.24) is 14.7 Å². The van der Waals surface area contributed by atoms with Crippen molar-refractivity contribution >= 4 is 11.0 Å². The molecule has 0 fully saturated rings. The van der Waals surface area contributed by atoms with E-state index < -0.39 is 0 Å². The van der Waals surface area contributed by atoms with Gasteiger partial charge in [0.2, 0.25) is 0 Å². The van der Waals surface area contributed by atoms with Crippen molar-refractivity contribution in [1.29, 1.82) is 5.26 Å². The second-order valence-electron chi connectivity index (χ2n) is 5.58. The van der Waals surface area contributed by atoms with Crippen LogP contribution in [0.15, 0.2) is 28.8 Å². The number of imidazole rings is 1. The summed E-state index contributed by atoms with van der Waals surface area (Å²) in [6.45, 7) is 7.02. The monoisotopic (exact) mass is 280 g/mol. The molecule has 0 aliphatic heterocycles. The first-order valence-electron chi connectivity index (χ1n) is 6.92. The van der Waals surface area contributed by atoms with E-state index in [4.69, 9.17) is 9.78 Å². The van der Waals surface area contributed by atoms with Gasteiger partial charge in [-0.2, -0.15) is 5.26 Å². The highest BCUT2D eigenvalue weighted by molar-refractivity contribution is 5.81.